The Labute approximate surface area is 172 Å². The molecular formula is C15H42O7Si5. The molecule has 0 aliphatic rings. The van der Waals surface area contributed by atoms with Crippen LogP contribution in [-0.2, 0) is 30.7 Å². The molecule has 0 spiro atoms. The van der Waals surface area contributed by atoms with Gasteiger partial charge < -0.3 is 30.7 Å². The van der Waals surface area contributed by atoms with Crippen molar-refractivity contribution in [2.75, 3.05) is 40.0 Å². The predicted octanol–water partition coefficient (Wildman–Crippen LogP) is 3.50. The maximum Gasteiger partial charge on any atom is 0.372 e. The van der Waals surface area contributed by atoms with Crippen molar-refractivity contribution >= 4 is 42.3 Å². The molecule has 0 aromatic rings. The molecule has 0 rings (SSSR count). The average molecular weight is 475 g/mol. The first-order valence-electron chi connectivity index (χ1n) is 9.28. The fraction of sp³-hybridized carbons (Fsp3) is 1.00. The van der Waals surface area contributed by atoms with Crippen LogP contribution in [0, 0.1) is 0 Å². The van der Waals surface area contributed by atoms with Gasteiger partial charge in [0.15, 0.2) is 16.6 Å². The first-order chi connectivity index (χ1) is 12.0. The van der Waals surface area contributed by atoms with Gasteiger partial charge in [0, 0.05) is 21.3 Å². The molecule has 0 radical (unpaired) electrons. The molecule has 1 atom stereocenters. The van der Waals surface area contributed by atoms with E-state index in [1.54, 1.807) is 21.3 Å². The van der Waals surface area contributed by atoms with Crippen LogP contribution in [0.15, 0.2) is 0 Å². The molecule has 0 amide bonds. The van der Waals surface area contributed by atoms with Crippen LogP contribution < -0.4 is 0 Å². The maximum atomic E-state index is 6.74. The smallest absolute Gasteiger partial charge is 0.372 e. The summed E-state index contributed by atoms with van der Waals surface area (Å²) in [5.74, 6) is 0. The number of ether oxygens (including phenoxy) is 3. The van der Waals surface area contributed by atoms with Crippen LogP contribution in [0.2, 0.25) is 58.9 Å². The summed E-state index contributed by atoms with van der Waals surface area (Å²) >= 11 is 0. The number of methoxy groups -OCH3 is 3. The number of hydrogen-bond acceptors (Lipinski definition) is 7. The van der Waals surface area contributed by atoms with Crippen molar-refractivity contribution < 1.29 is 30.7 Å². The molecule has 0 saturated carbocycles. The summed E-state index contributed by atoms with van der Waals surface area (Å²) in [6.07, 6.45) is 1.17. The second kappa shape index (κ2) is 10.7. The molecule has 0 heterocycles. The van der Waals surface area contributed by atoms with Gasteiger partial charge in [-0.1, -0.05) is 0 Å². The van der Waals surface area contributed by atoms with E-state index in [-0.39, 0.29) is 0 Å². The Balaban J connectivity index is 5.76. The fourth-order valence-corrected chi connectivity index (χ4v) is 25.4. The van der Waals surface area contributed by atoms with Crippen LogP contribution in [-0.4, -0.2) is 82.3 Å². The third-order valence-electron chi connectivity index (χ3n) is 3.04. The quantitative estimate of drug-likeness (QED) is 0.357. The van der Waals surface area contributed by atoms with E-state index >= 15 is 0 Å². The lowest BCUT2D eigenvalue weighted by atomic mass is 11.5. The van der Waals surface area contributed by atoms with E-state index in [2.05, 4.69) is 52.4 Å². The summed E-state index contributed by atoms with van der Waals surface area (Å²) < 4.78 is 42.8. The Morgan fingerprint density at radius 1 is 0.481 bits per heavy atom. The van der Waals surface area contributed by atoms with Crippen molar-refractivity contribution in [3.63, 3.8) is 0 Å². The Hall–Kier alpha value is 0.804. The van der Waals surface area contributed by atoms with Crippen molar-refractivity contribution in [1.82, 2.24) is 0 Å². The van der Waals surface area contributed by atoms with Gasteiger partial charge in [-0.15, -0.1) is 0 Å². The minimum absolute atomic E-state index is 0.387. The van der Waals surface area contributed by atoms with Gasteiger partial charge in [-0.05, 0) is 58.9 Å². The Morgan fingerprint density at radius 3 is 1.22 bits per heavy atom. The summed E-state index contributed by atoms with van der Waals surface area (Å²) in [5, 5.41) is 0. The minimum atomic E-state index is -2.81. The van der Waals surface area contributed by atoms with Crippen molar-refractivity contribution in [2.45, 2.75) is 58.9 Å². The highest BCUT2D eigenvalue weighted by Crippen LogP contribution is 2.26. The van der Waals surface area contributed by atoms with Crippen LogP contribution in [0.25, 0.3) is 0 Å². The topological polar surface area (TPSA) is 64.6 Å². The molecule has 0 aliphatic heterocycles. The summed E-state index contributed by atoms with van der Waals surface area (Å²) in [7, 11) is -6.61. The largest absolute Gasteiger partial charge is 0.437 e. The fourth-order valence-electron chi connectivity index (χ4n) is 3.19. The van der Waals surface area contributed by atoms with Gasteiger partial charge in [0.2, 0.25) is 0 Å². The summed E-state index contributed by atoms with van der Waals surface area (Å²) in [5.41, 5.74) is 0. The first kappa shape index (κ1) is 27.8. The molecule has 0 bridgehead atoms. The zero-order valence-electron chi connectivity index (χ0n) is 19.5. The van der Waals surface area contributed by atoms with E-state index < -0.39 is 42.3 Å². The van der Waals surface area contributed by atoms with Crippen molar-refractivity contribution in [3.8, 4) is 0 Å². The molecule has 0 aliphatic carbocycles. The molecular weight excluding hydrogens is 433 g/mol. The lowest BCUT2D eigenvalue weighted by Crippen LogP contribution is -2.66. The summed E-state index contributed by atoms with van der Waals surface area (Å²) in [4.78, 5) is 0. The Bertz CT molecular complexity index is 433. The van der Waals surface area contributed by atoms with Crippen LogP contribution in [0.4, 0.5) is 0 Å². The molecule has 0 fully saturated rings. The molecule has 7 nitrogen and oxygen atoms in total. The minimum Gasteiger partial charge on any atom is -0.437 e. The van der Waals surface area contributed by atoms with Crippen LogP contribution in [0.1, 0.15) is 0 Å². The van der Waals surface area contributed by atoms with Crippen LogP contribution in [0.3, 0.4) is 0 Å². The van der Waals surface area contributed by atoms with Crippen LogP contribution >= 0.6 is 0 Å². The molecule has 164 valence electrons. The third kappa shape index (κ3) is 12.2. The van der Waals surface area contributed by atoms with Gasteiger partial charge in [0.1, 0.15) is 0 Å². The van der Waals surface area contributed by atoms with E-state index in [0.29, 0.717) is 18.7 Å². The monoisotopic (exact) mass is 474 g/mol. The average Bonchev–Trinajstić information content (AvgIpc) is 2.31. The molecule has 27 heavy (non-hydrogen) atoms. The second-order valence-electron chi connectivity index (χ2n) is 9.38. The highest BCUT2D eigenvalue weighted by Gasteiger charge is 2.52. The van der Waals surface area contributed by atoms with E-state index in [4.69, 9.17) is 30.7 Å². The lowest BCUT2D eigenvalue weighted by Gasteiger charge is -2.44. The summed E-state index contributed by atoms with van der Waals surface area (Å²) in [6.45, 7) is 19.1. The van der Waals surface area contributed by atoms with E-state index in [0.717, 1.165) is 0 Å². The van der Waals surface area contributed by atoms with Gasteiger partial charge in [-0.3, -0.25) is 0 Å². The van der Waals surface area contributed by atoms with E-state index in [9.17, 15) is 0 Å². The standard InChI is InChI=1S/C15H42O7Si5/c1-16-13-26(12,21-25(10,11)19-23(4,5)6)22-27(14-17-2,15-18-3)20-24(7,8)9/h13-15H2,1-12H3. The Morgan fingerprint density at radius 2 is 0.889 bits per heavy atom. The second-order valence-corrected chi connectivity index (χ2v) is 28.8. The normalized spacial score (nSPS) is 16.4. The third-order valence-corrected chi connectivity index (χ3v) is 20.6. The SMILES string of the molecule is COC[Si](C)(O[Si](C)(C)O[Si](C)(C)C)O[Si](COC)(COC)O[Si](C)(C)C. The molecule has 0 saturated heterocycles. The first-order valence-corrected chi connectivity index (χ1v) is 23.7. The highest BCUT2D eigenvalue weighted by molar-refractivity contribution is 6.91. The van der Waals surface area contributed by atoms with Gasteiger partial charge in [0.25, 0.3) is 0 Å². The molecule has 1 unspecified atom stereocenters. The van der Waals surface area contributed by atoms with Crippen molar-refractivity contribution in [1.29, 1.82) is 0 Å². The van der Waals surface area contributed by atoms with Gasteiger partial charge in [0.05, 0.1) is 18.7 Å². The highest BCUT2D eigenvalue weighted by atomic mass is 28.5. The molecule has 12 heteroatoms. The van der Waals surface area contributed by atoms with Crippen molar-refractivity contribution in [2.24, 2.45) is 0 Å². The van der Waals surface area contributed by atoms with Gasteiger partial charge in [-0.2, -0.15) is 0 Å². The summed E-state index contributed by atoms with van der Waals surface area (Å²) in [6, 6.07) is 0. The van der Waals surface area contributed by atoms with Crippen molar-refractivity contribution in [3.05, 3.63) is 0 Å². The molecule has 0 aromatic heterocycles. The molecule has 0 N–H and O–H groups in total. The van der Waals surface area contributed by atoms with Crippen LogP contribution in [0.5, 0.6) is 0 Å². The zero-order chi connectivity index (χ0) is 21.6. The lowest BCUT2D eigenvalue weighted by molar-refractivity contribution is 0.141. The van der Waals surface area contributed by atoms with Gasteiger partial charge in [-0.25, -0.2) is 0 Å². The maximum absolute atomic E-state index is 6.74. The zero-order valence-corrected chi connectivity index (χ0v) is 24.5. The van der Waals surface area contributed by atoms with Gasteiger partial charge >= 0.3 is 25.7 Å². The number of rotatable bonds is 14. The number of hydrogen-bond donors (Lipinski definition) is 0. The predicted molar refractivity (Wildman–Crippen MR) is 122 cm³/mol. The van der Waals surface area contributed by atoms with E-state index in [1.807, 2.05) is 6.55 Å². The van der Waals surface area contributed by atoms with E-state index in [1.165, 1.54) is 0 Å². The molecule has 0 aromatic carbocycles. The Kier molecular flexibility index (Phi) is 11.0.